The number of hydrogen-bond acceptors (Lipinski definition) is 2. The van der Waals surface area contributed by atoms with Gasteiger partial charge in [-0.05, 0) is 24.7 Å². The van der Waals surface area contributed by atoms with Crippen LogP contribution < -0.4 is 5.32 Å². The highest BCUT2D eigenvalue weighted by Gasteiger charge is 2.45. The number of rotatable bonds is 5. The third kappa shape index (κ3) is 5.21. The first-order valence-corrected chi connectivity index (χ1v) is 7.19. The number of piperazine rings is 1. The van der Waals surface area contributed by atoms with E-state index < -0.39 is 36.6 Å². The average Bonchev–Trinajstić information content (AvgIpc) is 2.27. The molecule has 0 aliphatic carbocycles. The molecule has 0 spiro atoms. The van der Waals surface area contributed by atoms with Crippen LogP contribution in [0.2, 0.25) is 0 Å². The lowest BCUT2D eigenvalue weighted by Gasteiger charge is -2.40. The highest BCUT2D eigenvalue weighted by Crippen LogP contribution is 2.25. The summed E-state index contributed by atoms with van der Waals surface area (Å²) in [6.45, 7) is 5.96. The minimum absolute atomic E-state index is 0.0194. The zero-order valence-electron chi connectivity index (χ0n) is 12.8. The van der Waals surface area contributed by atoms with Crippen molar-refractivity contribution in [1.29, 1.82) is 0 Å². The summed E-state index contributed by atoms with van der Waals surface area (Å²) >= 11 is 0. The van der Waals surface area contributed by atoms with Gasteiger partial charge in [0.1, 0.15) is 18.6 Å². The Balaban J connectivity index is 2.99. The molecule has 4 nitrogen and oxygen atoms in total. The molecule has 7 heteroatoms. The second-order valence-corrected chi connectivity index (χ2v) is 6.42. The molecular formula is C14H23F3N2O2. The molecule has 0 radical (unpaired) electrons. The maximum atomic E-state index is 12.7. The van der Waals surface area contributed by atoms with E-state index in [0.717, 1.165) is 0 Å². The molecule has 1 rings (SSSR count). The van der Waals surface area contributed by atoms with Gasteiger partial charge in [0, 0.05) is 0 Å². The minimum atomic E-state index is -4.51. The zero-order chi connectivity index (χ0) is 16.4. The van der Waals surface area contributed by atoms with Gasteiger partial charge in [0.05, 0.1) is 0 Å². The summed E-state index contributed by atoms with van der Waals surface area (Å²) in [6.07, 6.45) is -3.94. The molecule has 0 saturated carbocycles. The summed E-state index contributed by atoms with van der Waals surface area (Å²) in [7, 11) is 0. The molecule has 1 N–H and O–H groups in total. The zero-order valence-corrected chi connectivity index (χ0v) is 12.8. The van der Waals surface area contributed by atoms with Crippen LogP contribution in [0.4, 0.5) is 13.2 Å². The topological polar surface area (TPSA) is 49.4 Å². The smallest absolute Gasteiger partial charge is 0.342 e. The van der Waals surface area contributed by atoms with Gasteiger partial charge in [-0.25, -0.2) is 0 Å². The van der Waals surface area contributed by atoms with E-state index >= 15 is 0 Å². The van der Waals surface area contributed by atoms with Gasteiger partial charge >= 0.3 is 6.18 Å². The van der Waals surface area contributed by atoms with Crippen molar-refractivity contribution in [3.05, 3.63) is 0 Å². The normalized spacial score (nSPS) is 24.0. The predicted octanol–water partition coefficient (Wildman–Crippen LogP) is 2.34. The molecule has 2 unspecified atom stereocenters. The number of carbonyl (C=O) groups excluding carboxylic acids is 2. The maximum absolute atomic E-state index is 12.7. The van der Waals surface area contributed by atoms with Crippen molar-refractivity contribution in [2.24, 2.45) is 11.8 Å². The lowest BCUT2D eigenvalue weighted by molar-refractivity contribution is -0.175. The minimum Gasteiger partial charge on any atom is -0.342 e. The Hall–Kier alpha value is -1.27. The molecule has 122 valence electrons. The average molecular weight is 308 g/mol. The number of carbonyl (C=O) groups is 2. The molecule has 1 fully saturated rings. The molecule has 1 heterocycles. The van der Waals surface area contributed by atoms with Gasteiger partial charge in [0.2, 0.25) is 11.8 Å². The van der Waals surface area contributed by atoms with Crippen LogP contribution in [0.1, 0.15) is 40.5 Å². The molecule has 21 heavy (non-hydrogen) atoms. The van der Waals surface area contributed by atoms with Crippen LogP contribution in [0.15, 0.2) is 0 Å². The number of hydrogen-bond donors (Lipinski definition) is 1. The van der Waals surface area contributed by atoms with Gasteiger partial charge in [0.25, 0.3) is 0 Å². The first kappa shape index (κ1) is 17.8. The van der Waals surface area contributed by atoms with Crippen LogP contribution in [0, 0.1) is 11.8 Å². The Bertz CT molecular complexity index is 394. The van der Waals surface area contributed by atoms with Gasteiger partial charge < -0.3 is 10.2 Å². The highest BCUT2D eigenvalue weighted by atomic mass is 19.4. The quantitative estimate of drug-likeness (QED) is 0.847. The fraction of sp³-hybridized carbons (Fsp3) is 0.857. The lowest BCUT2D eigenvalue weighted by Crippen LogP contribution is -2.65. The second kappa shape index (κ2) is 6.66. The van der Waals surface area contributed by atoms with Gasteiger partial charge in [0.15, 0.2) is 0 Å². The largest absolute Gasteiger partial charge is 0.406 e. The molecule has 0 aromatic heterocycles. The van der Waals surface area contributed by atoms with Crippen molar-refractivity contribution in [1.82, 2.24) is 10.2 Å². The molecule has 0 bridgehead atoms. The van der Waals surface area contributed by atoms with Crippen molar-refractivity contribution < 1.29 is 22.8 Å². The molecule has 0 aromatic rings. The Labute approximate surface area is 123 Å². The molecular weight excluding hydrogens is 285 g/mol. The van der Waals surface area contributed by atoms with Crippen LogP contribution in [-0.2, 0) is 9.59 Å². The van der Waals surface area contributed by atoms with Crippen LogP contribution in [0.25, 0.3) is 0 Å². The molecule has 1 aliphatic rings. The van der Waals surface area contributed by atoms with Crippen LogP contribution in [0.5, 0.6) is 0 Å². The number of alkyl halides is 3. The molecule has 1 saturated heterocycles. The third-order valence-electron chi connectivity index (χ3n) is 3.33. The van der Waals surface area contributed by atoms with E-state index in [9.17, 15) is 22.8 Å². The van der Waals surface area contributed by atoms with E-state index in [1.807, 2.05) is 27.7 Å². The van der Waals surface area contributed by atoms with Gasteiger partial charge in [-0.2, -0.15) is 13.2 Å². The summed E-state index contributed by atoms with van der Waals surface area (Å²) in [4.78, 5) is 25.1. The first-order valence-electron chi connectivity index (χ1n) is 7.19. The Morgan fingerprint density at radius 1 is 1.10 bits per heavy atom. The van der Waals surface area contributed by atoms with E-state index in [1.165, 1.54) is 0 Å². The van der Waals surface area contributed by atoms with Crippen LogP contribution >= 0.6 is 0 Å². The Kier molecular flexibility index (Phi) is 5.64. The van der Waals surface area contributed by atoms with Crippen molar-refractivity contribution in [2.75, 3.05) is 6.54 Å². The van der Waals surface area contributed by atoms with Crippen LogP contribution in [-0.4, -0.2) is 41.5 Å². The Morgan fingerprint density at radius 3 is 2.05 bits per heavy atom. The van der Waals surface area contributed by atoms with Crippen molar-refractivity contribution >= 4 is 11.8 Å². The van der Waals surface area contributed by atoms with Crippen molar-refractivity contribution in [3.8, 4) is 0 Å². The van der Waals surface area contributed by atoms with E-state index in [2.05, 4.69) is 5.32 Å². The van der Waals surface area contributed by atoms with Gasteiger partial charge in [-0.15, -0.1) is 0 Å². The van der Waals surface area contributed by atoms with Gasteiger partial charge in [-0.1, -0.05) is 27.7 Å². The van der Waals surface area contributed by atoms with Crippen molar-refractivity contribution in [2.45, 2.75) is 58.8 Å². The predicted molar refractivity (Wildman–Crippen MR) is 72.4 cm³/mol. The number of nitrogens with one attached hydrogen (secondary N) is 1. The number of nitrogens with zero attached hydrogens (tertiary/aromatic N) is 1. The molecule has 0 aromatic carbocycles. The fourth-order valence-corrected chi connectivity index (χ4v) is 2.52. The summed E-state index contributed by atoms with van der Waals surface area (Å²) in [6, 6.07) is -1.90. The SMILES string of the molecule is CC(C)CC1NC(=O)C(CC(C)C)N(CC(F)(F)F)C1=O. The van der Waals surface area contributed by atoms with E-state index in [4.69, 9.17) is 0 Å². The molecule has 1 aliphatic heterocycles. The second-order valence-electron chi connectivity index (χ2n) is 6.42. The maximum Gasteiger partial charge on any atom is 0.406 e. The lowest BCUT2D eigenvalue weighted by atomic mass is 9.94. The Morgan fingerprint density at radius 2 is 1.62 bits per heavy atom. The van der Waals surface area contributed by atoms with E-state index in [-0.39, 0.29) is 18.3 Å². The number of amides is 2. The fourth-order valence-electron chi connectivity index (χ4n) is 2.52. The van der Waals surface area contributed by atoms with Crippen LogP contribution in [0.3, 0.4) is 0 Å². The van der Waals surface area contributed by atoms with Crippen molar-refractivity contribution in [3.63, 3.8) is 0 Å². The van der Waals surface area contributed by atoms with Gasteiger partial charge in [-0.3, -0.25) is 9.59 Å². The first-order chi connectivity index (χ1) is 9.51. The van der Waals surface area contributed by atoms with E-state index in [0.29, 0.717) is 11.3 Å². The standard InChI is InChI=1S/C14H23F3N2O2/c1-8(2)5-10-13(21)19(7-14(15,16)17)11(6-9(3)4)12(20)18-10/h8-11H,5-7H2,1-4H3,(H,18,20). The molecule has 2 amide bonds. The monoisotopic (exact) mass is 308 g/mol. The summed E-state index contributed by atoms with van der Waals surface area (Å²) in [5.74, 6) is -0.996. The summed E-state index contributed by atoms with van der Waals surface area (Å²) in [5.41, 5.74) is 0. The molecule has 2 atom stereocenters. The third-order valence-corrected chi connectivity index (χ3v) is 3.33. The number of halogens is 3. The van der Waals surface area contributed by atoms with E-state index in [1.54, 1.807) is 0 Å². The summed E-state index contributed by atoms with van der Waals surface area (Å²) in [5, 5.41) is 2.57. The summed E-state index contributed by atoms with van der Waals surface area (Å²) < 4.78 is 38.1. The highest BCUT2D eigenvalue weighted by molar-refractivity contribution is 5.97.